The monoisotopic (exact) mass is 312 g/mol. The van der Waals surface area contributed by atoms with Gasteiger partial charge in [0.1, 0.15) is 0 Å². The van der Waals surface area contributed by atoms with Crippen LogP contribution in [0.3, 0.4) is 0 Å². The van der Waals surface area contributed by atoms with E-state index < -0.39 is 5.97 Å². The Morgan fingerprint density at radius 2 is 1.14 bits per heavy atom. The largest absolute Gasteiger partial charge is 0.481 e. The highest BCUT2D eigenvalue weighted by molar-refractivity contribution is 5.66. The molecular formula is C20H40O2. The van der Waals surface area contributed by atoms with Crippen molar-refractivity contribution in [3.63, 3.8) is 0 Å². The van der Waals surface area contributed by atoms with Gasteiger partial charge < -0.3 is 5.11 Å². The van der Waals surface area contributed by atoms with E-state index in [2.05, 4.69) is 19.1 Å². The van der Waals surface area contributed by atoms with Crippen molar-refractivity contribution in [1.82, 2.24) is 0 Å². The number of carboxylic acids is 1. The molecule has 132 valence electrons. The zero-order chi connectivity index (χ0) is 16.9. The molecule has 0 saturated carbocycles. The van der Waals surface area contributed by atoms with Gasteiger partial charge in [-0.2, -0.15) is 0 Å². The summed E-state index contributed by atoms with van der Waals surface area (Å²) < 4.78 is 0. The van der Waals surface area contributed by atoms with Crippen molar-refractivity contribution in [2.24, 2.45) is 0 Å². The molecule has 0 radical (unpaired) electrons. The molecular weight excluding hydrogens is 272 g/mol. The Morgan fingerprint density at radius 1 is 0.727 bits per heavy atom. The first-order chi connectivity index (χ1) is 10.8. The number of aliphatic carboxylic acids is 1. The van der Waals surface area contributed by atoms with Crippen LogP contribution in [-0.4, -0.2) is 11.1 Å². The van der Waals surface area contributed by atoms with Crippen LogP contribution in [0.15, 0.2) is 12.2 Å². The summed E-state index contributed by atoms with van der Waals surface area (Å²) in [5, 5.41) is 8.51. The molecule has 0 aliphatic rings. The third-order valence-corrected chi connectivity index (χ3v) is 3.65. The average molecular weight is 313 g/mol. The topological polar surface area (TPSA) is 37.3 Å². The van der Waals surface area contributed by atoms with Crippen LogP contribution in [0.2, 0.25) is 0 Å². The summed E-state index contributed by atoms with van der Waals surface area (Å²) in [4.78, 5) is 10.3. The van der Waals surface area contributed by atoms with Gasteiger partial charge in [0, 0.05) is 6.42 Å². The predicted molar refractivity (Wildman–Crippen MR) is 98.4 cm³/mol. The molecule has 1 N–H and O–H groups in total. The number of unbranched alkanes of at least 4 members (excludes halogenated alkanes) is 11. The molecule has 0 heterocycles. The van der Waals surface area contributed by atoms with Crippen molar-refractivity contribution < 1.29 is 9.90 Å². The van der Waals surface area contributed by atoms with Crippen LogP contribution in [0, 0.1) is 0 Å². The maximum atomic E-state index is 10.3. The van der Waals surface area contributed by atoms with Gasteiger partial charge in [-0.25, -0.2) is 0 Å². The van der Waals surface area contributed by atoms with Crippen LogP contribution < -0.4 is 0 Å². The molecule has 2 heteroatoms. The van der Waals surface area contributed by atoms with E-state index in [9.17, 15) is 4.79 Å². The number of rotatable bonds is 15. The Hall–Kier alpha value is -0.790. The second-order valence-electron chi connectivity index (χ2n) is 5.73. The Labute approximate surface area is 139 Å². The van der Waals surface area contributed by atoms with Crippen molar-refractivity contribution in [2.45, 2.75) is 111 Å². The molecule has 0 unspecified atom stereocenters. The lowest BCUT2D eigenvalue weighted by Gasteiger charge is -1.99. The van der Waals surface area contributed by atoms with Gasteiger partial charge in [-0.15, -0.1) is 0 Å². The van der Waals surface area contributed by atoms with Crippen molar-refractivity contribution in [1.29, 1.82) is 0 Å². The smallest absolute Gasteiger partial charge is 0.303 e. The van der Waals surface area contributed by atoms with Crippen molar-refractivity contribution >= 4 is 5.97 Å². The molecule has 0 amide bonds. The van der Waals surface area contributed by atoms with E-state index in [4.69, 9.17) is 5.11 Å². The van der Waals surface area contributed by atoms with Gasteiger partial charge in [-0.3, -0.25) is 4.79 Å². The zero-order valence-corrected chi connectivity index (χ0v) is 15.4. The third-order valence-electron chi connectivity index (χ3n) is 3.65. The number of carbonyl (C=O) groups is 1. The highest BCUT2D eigenvalue weighted by Crippen LogP contribution is 2.09. The highest BCUT2D eigenvalue weighted by atomic mass is 16.4. The van der Waals surface area contributed by atoms with Crippen LogP contribution in [0.25, 0.3) is 0 Å². The number of carboxylic acid groups (broad SMARTS) is 1. The van der Waals surface area contributed by atoms with Crippen molar-refractivity contribution in [2.75, 3.05) is 0 Å². The molecule has 0 aromatic carbocycles. The minimum atomic E-state index is -0.664. The third kappa shape index (κ3) is 24.2. The maximum Gasteiger partial charge on any atom is 0.303 e. The van der Waals surface area contributed by atoms with Gasteiger partial charge in [-0.05, 0) is 32.1 Å². The molecule has 0 spiro atoms. The van der Waals surface area contributed by atoms with Crippen LogP contribution in [-0.2, 0) is 4.79 Å². The lowest BCUT2D eigenvalue weighted by atomic mass is 10.1. The second kappa shape index (κ2) is 22.5. The van der Waals surface area contributed by atoms with E-state index >= 15 is 0 Å². The highest BCUT2D eigenvalue weighted by Gasteiger charge is 1.95. The van der Waals surface area contributed by atoms with Crippen LogP contribution in [0.1, 0.15) is 111 Å². The summed E-state index contributed by atoms with van der Waals surface area (Å²) in [6.45, 7) is 6.26. The standard InChI is InChI=1S/C18H34O2.C2H6/c1-2-3-4-5-6-7-8-9-10-11-12-13-14-15-16-17-18(19)20;1-2/h9-10H,2-8,11-17H2,1H3,(H,19,20);1-2H3. The molecule has 0 bridgehead atoms. The Balaban J connectivity index is 0. The summed E-state index contributed by atoms with van der Waals surface area (Å²) in [6.07, 6.45) is 21.2. The van der Waals surface area contributed by atoms with E-state index in [-0.39, 0.29) is 0 Å². The fourth-order valence-electron chi connectivity index (χ4n) is 2.35. The Bertz CT molecular complexity index is 234. The number of hydrogen-bond acceptors (Lipinski definition) is 1. The summed E-state index contributed by atoms with van der Waals surface area (Å²) in [6, 6.07) is 0. The average Bonchev–Trinajstić information content (AvgIpc) is 2.53. The number of hydrogen-bond donors (Lipinski definition) is 1. The summed E-state index contributed by atoms with van der Waals surface area (Å²) >= 11 is 0. The number of allylic oxidation sites excluding steroid dienone is 2. The molecule has 2 nitrogen and oxygen atoms in total. The lowest BCUT2D eigenvalue weighted by Crippen LogP contribution is -1.93. The van der Waals surface area contributed by atoms with Crippen LogP contribution in [0.5, 0.6) is 0 Å². The minimum absolute atomic E-state index is 0.332. The molecule has 0 fully saturated rings. The molecule has 0 saturated heterocycles. The zero-order valence-electron chi connectivity index (χ0n) is 15.4. The molecule has 0 aromatic heterocycles. The lowest BCUT2D eigenvalue weighted by molar-refractivity contribution is -0.137. The van der Waals surface area contributed by atoms with Gasteiger partial charge in [0.2, 0.25) is 0 Å². The Kier molecular flexibility index (Phi) is 24.0. The molecule has 0 atom stereocenters. The molecule has 0 rings (SSSR count). The minimum Gasteiger partial charge on any atom is -0.481 e. The van der Waals surface area contributed by atoms with E-state index in [0.717, 1.165) is 12.8 Å². The molecule has 0 aromatic rings. The molecule has 0 aliphatic carbocycles. The van der Waals surface area contributed by atoms with E-state index in [1.165, 1.54) is 70.6 Å². The first kappa shape index (κ1) is 23.5. The first-order valence-electron chi connectivity index (χ1n) is 9.64. The SMILES string of the molecule is CC.CCCCCCCCC=CCCCCCCCC(=O)O. The van der Waals surface area contributed by atoms with Crippen molar-refractivity contribution in [3.8, 4) is 0 Å². The quantitative estimate of drug-likeness (QED) is 0.258. The summed E-state index contributed by atoms with van der Waals surface area (Å²) in [7, 11) is 0. The van der Waals surface area contributed by atoms with E-state index in [0.29, 0.717) is 6.42 Å². The van der Waals surface area contributed by atoms with Gasteiger partial charge in [0.15, 0.2) is 0 Å². The normalized spacial score (nSPS) is 10.5. The molecule has 0 aliphatic heterocycles. The van der Waals surface area contributed by atoms with Gasteiger partial charge in [0.25, 0.3) is 0 Å². The van der Waals surface area contributed by atoms with E-state index in [1.807, 2.05) is 13.8 Å². The van der Waals surface area contributed by atoms with Crippen LogP contribution in [0.4, 0.5) is 0 Å². The Morgan fingerprint density at radius 3 is 1.59 bits per heavy atom. The van der Waals surface area contributed by atoms with Crippen LogP contribution >= 0.6 is 0 Å². The summed E-state index contributed by atoms with van der Waals surface area (Å²) in [5.74, 6) is -0.664. The van der Waals surface area contributed by atoms with Gasteiger partial charge >= 0.3 is 5.97 Å². The van der Waals surface area contributed by atoms with E-state index in [1.54, 1.807) is 0 Å². The predicted octanol–water partition coefficient (Wildman–Crippen LogP) is 7.13. The summed E-state index contributed by atoms with van der Waals surface area (Å²) in [5.41, 5.74) is 0. The second-order valence-corrected chi connectivity index (χ2v) is 5.73. The fraction of sp³-hybridized carbons (Fsp3) is 0.850. The van der Waals surface area contributed by atoms with Gasteiger partial charge in [-0.1, -0.05) is 84.3 Å². The molecule has 22 heavy (non-hydrogen) atoms. The van der Waals surface area contributed by atoms with Crippen molar-refractivity contribution in [3.05, 3.63) is 12.2 Å². The fourth-order valence-corrected chi connectivity index (χ4v) is 2.35. The maximum absolute atomic E-state index is 10.3. The first-order valence-corrected chi connectivity index (χ1v) is 9.64. The van der Waals surface area contributed by atoms with Gasteiger partial charge in [0.05, 0.1) is 0 Å².